The van der Waals surface area contributed by atoms with Gasteiger partial charge in [0, 0.05) is 18.5 Å². The molecule has 1 amide bonds. The normalized spacial score (nSPS) is 28.3. The number of amides is 1. The highest BCUT2D eigenvalue weighted by atomic mass is 16.2. The fraction of sp³-hybridized carbons (Fsp3) is 0.900. The third kappa shape index (κ3) is 3.89. The number of tetrazole rings is 1. The molecule has 2 aliphatic carbocycles. The molecule has 1 atom stereocenters. The van der Waals surface area contributed by atoms with E-state index in [2.05, 4.69) is 25.3 Å². The van der Waals surface area contributed by atoms with Gasteiger partial charge in [-0.1, -0.05) is 12.8 Å². The number of hydrogen-bond donors (Lipinski definition) is 0. The first-order chi connectivity index (χ1) is 13.3. The van der Waals surface area contributed by atoms with Crippen molar-refractivity contribution in [3.8, 4) is 0 Å². The molecule has 0 radical (unpaired) electrons. The Bertz CT molecular complexity index is 659. The van der Waals surface area contributed by atoms with Crippen LogP contribution in [0.4, 0.5) is 0 Å². The smallest absolute Gasteiger partial charge is 0.225 e. The fourth-order valence-electron chi connectivity index (χ4n) is 5.08. The molecule has 7 heteroatoms. The SMILES string of the molecule is O=C(C1CC1)N1CCCCC[C@H]1C1CCN(Cc2nnnn2C2CC2)CC1. The summed E-state index contributed by atoms with van der Waals surface area (Å²) in [6.07, 6.45) is 12.0. The maximum absolute atomic E-state index is 12.8. The van der Waals surface area contributed by atoms with Crippen LogP contribution in [0.5, 0.6) is 0 Å². The van der Waals surface area contributed by atoms with Gasteiger partial charge in [0.05, 0.1) is 12.6 Å². The van der Waals surface area contributed by atoms with Gasteiger partial charge in [0.25, 0.3) is 0 Å². The van der Waals surface area contributed by atoms with E-state index >= 15 is 0 Å². The van der Waals surface area contributed by atoms with E-state index in [4.69, 9.17) is 0 Å². The van der Waals surface area contributed by atoms with E-state index in [1.165, 1.54) is 51.4 Å². The second-order valence-electron chi connectivity index (χ2n) is 9.11. The maximum Gasteiger partial charge on any atom is 0.225 e. The van der Waals surface area contributed by atoms with E-state index in [1.807, 2.05) is 4.68 Å². The molecule has 1 aromatic heterocycles. The van der Waals surface area contributed by atoms with Crippen molar-refractivity contribution in [1.82, 2.24) is 30.0 Å². The number of rotatable bonds is 5. The molecule has 4 aliphatic rings. The first-order valence-corrected chi connectivity index (χ1v) is 11.1. The lowest BCUT2D eigenvalue weighted by atomic mass is 9.86. The fourth-order valence-corrected chi connectivity index (χ4v) is 5.08. The molecule has 0 spiro atoms. The van der Waals surface area contributed by atoms with Gasteiger partial charge in [0.1, 0.15) is 0 Å². The summed E-state index contributed by atoms with van der Waals surface area (Å²) >= 11 is 0. The molecule has 2 saturated heterocycles. The maximum atomic E-state index is 12.8. The monoisotopic (exact) mass is 372 g/mol. The molecule has 148 valence electrons. The van der Waals surface area contributed by atoms with Gasteiger partial charge in [0.2, 0.25) is 5.91 Å². The molecule has 0 bridgehead atoms. The molecule has 7 nitrogen and oxygen atoms in total. The van der Waals surface area contributed by atoms with Crippen LogP contribution >= 0.6 is 0 Å². The molecule has 0 N–H and O–H groups in total. The number of carbonyl (C=O) groups is 1. The highest BCUT2D eigenvalue weighted by molar-refractivity contribution is 5.81. The van der Waals surface area contributed by atoms with Crippen LogP contribution in [0.3, 0.4) is 0 Å². The molecule has 0 aromatic carbocycles. The highest BCUT2D eigenvalue weighted by Gasteiger charge is 2.40. The summed E-state index contributed by atoms with van der Waals surface area (Å²) < 4.78 is 2.04. The van der Waals surface area contributed by atoms with Crippen LogP contribution in [-0.2, 0) is 11.3 Å². The van der Waals surface area contributed by atoms with Crippen LogP contribution in [-0.4, -0.2) is 61.6 Å². The Kier molecular flexibility index (Phi) is 4.88. The predicted molar refractivity (Wildman–Crippen MR) is 101 cm³/mol. The van der Waals surface area contributed by atoms with Crippen LogP contribution in [0, 0.1) is 11.8 Å². The van der Waals surface area contributed by atoms with Crippen molar-refractivity contribution in [1.29, 1.82) is 0 Å². The first-order valence-electron chi connectivity index (χ1n) is 11.1. The summed E-state index contributed by atoms with van der Waals surface area (Å²) in [5.74, 6) is 2.51. The zero-order valence-corrected chi connectivity index (χ0v) is 16.3. The molecular weight excluding hydrogens is 340 g/mol. The van der Waals surface area contributed by atoms with E-state index < -0.39 is 0 Å². The van der Waals surface area contributed by atoms with Gasteiger partial charge < -0.3 is 4.90 Å². The van der Waals surface area contributed by atoms with Crippen LogP contribution in [0.1, 0.15) is 76.1 Å². The largest absolute Gasteiger partial charge is 0.339 e. The third-order valence-corrected chi connectivity index (χ3v) is 7.00. The molecule has 0 unspecified atom stereocenters. The van der Waals surface area contributed by atoms with Crippen molar-refractivity contribution in [3.05, 3.63) is 5.82 Å². The van der Waals surface area contributed by atoms with Gasteiger partial charge in [0.15, 0.2) is 5.82 Å². The zero-order chi connectivity index (χ0) is 18.2. The van der Waals surface area contributed by atoms with Gasteiger partial charge in [-0.2, -0.15) is 0 Å². The number of hydrogen-bond acceptors (Lipinski definition) is 5. The Morgan fingerprint density at radius 1 is 0.926 bits per heavy atom. The van der Waals surface area contributed by atoms with Gasteiger partial charge in [-0.25, -0.2) is 4.68 Å². The lowest BCUT2D eigenvalue weighted by Gasteiger charge is -2.40. The quantitative estimate of drug-likeness (QED) is 0.794. The summed E-state index contributed by atoms with van der Waals surface area (Å²) in [5, 5.41) is 12.3. The Balaban J connectivity index is 1.19. The average molecular weight is 373 g/mol. The van der Waals surface area contributed by atoms with Crippen LogP contribution in [0.15, 0.2) is 0 Å². The average Bonchev–Trinajstić information content (AvgIpc) is 3.60. The second-order valence-corrected chi connectivity index (χ2v) is 9.11. The predicted octanol–water partition coefficient (Wildman–Crippen LogP) is 2.40. The Hall–Kier alpha value is -1.50. The first kappa shape index (κ1) is 17.6. The summed E-state index contributed by atoms with van der Waals surface area (Å²) in [6.45, 7) is 4.07. The number of aromatic nitrogens is 4. The molecule has 2 aliphatic heterocycles. The number of nitrogens with zero attached hydrogens (tertiary/aromatic N) is 6. The van der Waals surface area contributed by atoms with E-state index in [9.17, 15) is 4.79 Å². The minimum atomic E-state index is 0.354. The number of carbonyl (C=O) groups excluding carboxylic acids is 1. The van der Waals surface area contributed by atoms with Crippen molar-refractivity contribution >= 4 is 5.91 Å². The van der Waals surface area contributed by atoms with E-state index in [-0.39, 0.29) is 0 Å². The summed E-state index contributed by atoms with van der Waals surface area (Å²) in [6, 6.07) is 1.03. The summed E-state index contributed by atoms with van der Waals surface area (Å²) in [4.78, 5) is 17.6. The van der Waals surface area contributed by atoms with Crippen molar-refractivity contribution in [2.75, 3.05) is 19.6 Å². The van der Waals surface area contributed by atoms with Crippen molar-refractivity contribution < 1.29 is 4.79 Å². The highest BCUT2D eigenvalue weighted by Crippen LogP contribution is 2.37. The van der Waals surface area contributed by atoms with Gasteiger partial charge in [-0.3, -0.25) is 9.69 Å². The minimum absolute atomic E-state index is 0.354. The standard InChI is InChI=1S/C20H32N6O/c27-20(16-5-6-16)25-11-3-1-2-4-18(25)15-9-12-24(13-10-15)14-19-21-22-23-26(19)17-7-8-17/h15-18H,1-14H2/t18-/m0/s1. The topological polar surface area (TPSA) is 67.2 Å². The molecule has 1 aromatic rings. The van der Waals surface area contributed by atoms with Gasteiger partial charge >= 0.3 is 0 Å². The zero-order valence-electron chi connectivity index (χ0n) is 16.3. The lowest BCUT2D eigenvalue weighted by molar-refractivity contribution is -0.136. The molecular formula is C20H32N6O. The van der Waals surface area contributed by atoms with Crippen molar-refractivity contribution in [2.24, 2.45) is 11.8 Å². The van der Waals surface area contributed by atoms with Crippen LogP contribution < -0.4 is 0 Å². The Labute approximate surface area is 161 Å². The van der Waals surface area contributed by atoms with Crippen molar-refractivity contribution in [3.63, 3.8) is 0 Å². The number of likely N-dealkylation sites (tertiary alicyclic amines) is 2. The van der Waals surface area contributed by atoms with E-state index in [0.29, 0.717) is 29.8 Å². The van der Waals surface area contributed by atoms with Crippen molar-refractivity contribution in [2.45, 2.75) is 82.8 Å². The third-order valence-electron chi connectivity index (χ3n) is 7.00. The van der Waals surface area contributed by atoms with E-state index in [1.54, 1.807) is 0 Å². The molecule has 27 heavy (non-hydrogen) atoms. The lowest BCUT2D eigenvalue weighted by Crippen LogP contribution is -2.48. The van der Waals surface area contributed by atoms with Crippen LogP contribution in [0.25, 0.3) is 0 Å². The van der Waals surface area contributed by atoms with Crippen LogP contribution in [0.2, 0.25) is 0 Å². The Morgan fingerprint density at radius 2 is 1.74 bits per heavy atom. The minimum Gasteiger partial charge on any atom is -0.339 e. The van der Waals surface area contributed by atoms with E-state index in [0.717, 1.165) is 44.8 Å². The Morgan fingerprint density at radius 3 is 2.48 bits per heavy atom. The second kappa shape index (κ2) is 7.49. The molecule has 5 rings (SSSR count). The molecule has 2 saturated carbocycles. The van der Waals surface area contributed by atoms with Gasteiger partial charge in [-0.15, -0.1) is 5.10 Å². The molecule has 4 fully saturated rings. The van der Waals surface area contributed by atoms with Gasteiger partial charge in [-0.05, 0) is 80.8 Å². The number of piperidine rings is 1. The summed E-state index contributed by atoms with van der Waals surface area (Å²) in [7, 11) is 0. The molecule has 3 heterocycles. The summed E-state index contributed by atoms with van der Waals surface area (Å²) in [5.41, 5.74) is 0.